The highest BCUT2D eigenvalue weighted by atomic mass is 16.3. The minimum absolute atomic E-state index is 0.441. The molecule has 2 atom stereocenters. The SMILES string of the molecule is CC(O)Cc1c(-c2ccccc2)ncn1Cc1ccc2c(c1)NC(O)CC2. The smallest absolute Gasteiger partial charge is 0.124 e. The Bertz CT molecular complexity index is 919. The molecule has 0 fully saturated rings. The average molecular weight is 363 g/mol. The van der Waals surface area contributed by atoms with Crippen molar-refractivity contribution < 1.29 is 10.2 Å². The molecule has 1 aromatic heterocycles. The van der Waals surface area contributed by atoms with Crippen molar-refractivity contribution >= 4 is 5.69 Å². The number of aromatic nitrogens is 2. The quantitative estimate of drug-likeness (QED) is 0.651. The summed E-state index contributed by atoms with van der Waals surface area (Å²) in [5.74, 6) is 0. The first-order valence-corrected chi connectivity index (χ1v) is 9.44. The fourth-order valence-corrected chi connectivity index (χ4v) is 3.69. The van der Waals surface area contributed by atoms with Crippen LogP contribution in [0.5, 0.6) is 0 Å². The molecule has 3 N–H and O–H groups in total. The molecule has 5 heteroatoms. The van der Waals surface area contributed by atoms with Gasteiger partial charge in [-0.05, 0) is 37.0 Å². The molecule has 0 amide bonds. The fraction of sp³-hybridized carbons (Fsp3) is 0.318. The zero-order valence-electron chi connectivity index (χ0n) is 15.5. The molecule has 0 radical (unpaired) electrons. The van der Waals surface area contributed by atoms with Crippen LogP contribution in [0.3, 0.4) is 0 Å². The Labute approximate surface area is 159 Å². The van der Waals surface area contributed by atoms with Gasteiger partial charge in [0, 0.05) is 29.9 Å². The number of aryl methyl sites for hydroxylation is 1. The number of rotatable bonds is 5. The van der Waals surface area contributed by atoms with Crippen LogP contribution < -0.4 is 5.32 Å². The van der Waals surface area contributed by atoms with Crippen LogP contribution in [0.1, 0.15) is 30.2 Å². The van der Waals surface area contributed by atoms with Crippen molar-refractivity contribution in [1.82, 2.24) is 9.55 Å². The topological polar surface area (TPSA) is 70.3 Å². The second kappa shape index (κ2) is 7.55. The first-order chi connectivity index (χ1) is 13.1. The van der Waals surface area contributed by atoms with Crippen molar-refractivity contribution in [3.05, 3.63) is 71.7 Å². The van der Waals surface area contributed by atoms with E-state index < -0.39 is 12.3 Å². The second-order valence-electron chi connectivity index (χ2n) is 7.28. The lowest BCUT2D eigenvalue weighted by atomic mass is 10.00. The van der Waals surface area contributed by atoms with E-state index in [2.05, 4.69) is 33.1 Å². The predicted octanol–water partition coefficient (Wildman–Crippen LogP) is 3.20. The van der Waals surface area contributed by atoms with Crippen molar-refractivity contribution in [3.63, 3.8) is 0 Å². The third-order valence-electron chi connectivity index (χ3n) is 5.02. The molecule has 5 nitrogen and oxygen atoms in total. The number of aliphatic hydroxyl groups is 2. The highest BCUT2D eigenvalue weighted by molar-refractivity contribution is 5.62. The molecule has 0 saturated heterocycles. The second-order valence-corrected chi connectivity index (χ2v) is 7.28. The lowest BCUT2D eigenvalue weighted by Gasteiger charge is -2.23. The zero-order chi connectivity index (χ0) is 18.8. The van der Waals surface area contributed by atoms with Gasteiger partial charge in [0.15, 0.2) is 0 Å². The van der Waals surface area contributed by atoms with E-state index >= 15 is 0 Å². The van der Waals surface area contributed by atoms with Gasteiger partial charge in [-0.2, -0.15) is 0 Å². The van der Waals surface area contributed by atoms with Gasteiger partial charge >= 0.3 is 0 Å². The Morgan fingerprint density at radius 3 is 2.81 bits per heavy atom. The van der Waals surface area contributed by atoms with Crippen LogP contribution in [0.25, 0.3) is 11.3 Å². The van der Waals surface area contributed by atoms with E-state index in [0.29, 0.717) is 13.0 Å². The van der Waals surface area contributed by atoms with E-state index in [1.165, 1.54) is 5.56 Å². The normalized spacial score (nSPS) is 17.2. The summed E-state index contributed by atoms with van der Waals surface area (Å²) in [4.78, 5) is 4.63. The minimum Gasteiger partial charge on any atom is -0.393 e. The van der Waals surface area contributed by atoms with Gasteiger partial charge in [-0.1, -0.05) is 42.5 Å². The molecule has 0 aliphatic carbocycles. The summed E-state index contributed by atoms with van der Waals surface area (Å²) in [7, 11) is 0. The van der Waals surface area contributed by atoms with Crippen LogP contribution in [0.15, 0.2) is 54.9 Å². The lowest BCUT2D eigenvalue weighted by Crippen LogP contribution is -2.24. The van der Waals surface area contributed by atoms with Crippen molar-refractivity contribution in [1.29, 1.82) is 0 Å². The standard InChI is InChI=1S/C22H25N3O2/c1-15(26)11-20-22(18-5-3-2-4-6-18)23-14-25(20)13-16-7-8-17-9-10-21(27)24-19(17)12-16/h2-8,12,14-15,21,24,26-27H,9-11,13H2,1H3. The summed E-state index contributed by atoms with van der Waals surface area (Å²) >= 11 is 0. The molecule has 2 unspecified atom stereocenters. The number of nitrogens with zero attached hydrogens (tertiary/aromatic N) is 2. The van der Waals surface area contributed by atoms with Gasteiger partial charge < -0.3 is 20.1 Å². The fourth-order valence-electron chi connectivity index (χ4n) is 3.69. The molecule has 0 bridgehead atoms. The molecule has 140 valence electrons. The van der Waals surface area contributed by atoms with E-state index in [9.17, 15) is 10.2 Å². The van der Waals surface area contributed by atoms with Crippen LogP contribution in [0.4, 0.5) is 5.69 Å². The van der Waals surface area contributed by atoms with Gasteiger partial charge in [-0.3, -0.25) is 0 Å². The number of fused-ring (bicyclic) bond motifs is 1. The van der Waals surface area contributed by atoms with Gasteiger partial charge in [0.1, 0.15) is 6.23 Å². The largest absolute Gasteiger partial charge is 0.393 e. The van der Waals surface area contributed by atoms with Crippen LogP contribution in [0.2, 0.25) is 0 Å². The summed E-state index contributed by atoms with van der Waals surface area (Å²) in [6.07, 6.45) is 3.11. The van der Waals surface area contributed by atoms with Crippen LogP contribution in [0, 0.1) is 0 Å². The summed E-state index contributed by atoms with van der Waals surface area (Å²) in [6.45, 7) is 2.48. The van der Waals surface area contributed by atoms with Crippen LogP contribution in [-0.4, -0.2) is 32.1 Å². The van der Waals surface area contributed by atoms with E-state index in [1.807, 2.05) is 36.7 Å². The first-order valence-electron chi connectivity index (χ1n) is 9.44. The number of hydrogen-bond donors (Lipinski definition) is 3. The van der Waals surface area contributed by atoms with Crippen molar-refractivity contribution in [2.45, 2.75) is 45.1 Å². The highest BCUT2D eigenvalue weighted by Gasteiger charge is 2.17. The third-order valence-corrected chi connectivity index (χ3v) is 5.02. The summed E-state index contributed by atoms with van der Waals surface area (Å²) in [5, 5.41) is 23.0. The third kappa shape index (κ3) is 3.89. The van der Waals surface area contributed by atoms with Gasteiger partial charge in [-0.15, -0.1) is 0 Å². The molecule has 0 saturated carbocycles. The molecular weight excluding hydrogens is 338 g/mol. The Morgan fingerprint density at radius 2 is 2.04 bits per heavy atom. The Balaban J connectivity index is 1.66. The molecular formula is C22H25N3O2. The minimum atomic E-state index is -0.475. The Morgan fingerprint density at radius 1 is 1.22 bits per heavy atom. The molecule has 2 aromatic carbocycles. The first kappa shape index (κ1) is 17.8. The lowest BCUT2D eigenvalue weighted by molar-refractivity contribution is 0.189. The van der Waals surface area contributed by atoms with E-state index in [1.54, 1.807) is 6.92 Å². The van der Waals surface area contributed by atoms with E-state index in [0.717, 1.165) is 41.0 Å². The van der Waals surface area contributed by atoms with E-state index in [4.69, 9.17) is 0 Å². The van der Waals surface area contributed by atoms with E-state index in [-0.39, 0.29) is 0 Å². The summed E-state index contributed by atoms with van der Waals surface area (Å²) in [6, 6.07) is 16.4. The molecule has 27 heavy (non-hydrogen) atoms. The number of benzene rings is 2. The summed E-state index contributed by atoms with van der Waals surface area (Å²) < 4.78 is 2.11. The monoisotopic (exact) mass is 363 g/mol. The van der Waals surface area contributed by atoms with Crippen molar-refractivity contribution in [3.8, 4) is 11.3 Å². The number of hydrogen-bond acceptors (Lipinski definition) is 4. The maximum absolute atomic E-state index is 9.99. The number of imidazole rings is 1. The van der Waals surface area contributed by atoms with Crippen molar-refractivity contribution in [2.75, 3.05) is 5.32 Å². The number of nitrogens with one attached hydrogen (secondary N) is 1. The maximum atomic E-state index is 9.99. The average Bonchev–Trinajstić information content (AvgIpc) is 3.04. The maximum Gasteiger partial charge on any atom is 0.124 e. The van der Waals surface area contributed by atoms with Gasteiger partial charge in [-0.25, -0.2) is 4.98 Å². The number of aliphatic hydroxyl groups excluding tert-OH is 2. The van der Waals surface area contributed by atoms with Gasteiger partial charge in [0.05, 0.1) is 18.1 Å². The number of anilines is 1. The zero-order valence-corrected chi connectivity index (χ0v) is 15.5. The van der Waals surface area contributed by atoms with Gasteiger partial charge in [0.25, 0.3) is 0 Å². The summed E-state index contributed by atoms with van der Waals surface area (Å²) in [5.41, 5.74) is 6.39. The van der Waals surface area contributed by atoms with Crippen molar-refractivity contribution in [2.24, 2.45) is 0 Å². The molecule has 4 rings (SSSR count). The molecule has 0 spiro atoms. The van der Waals surface area contributed by atoms with Crippen LogP contribution >= 0.6 is 0 Å². The van der Waals surface area contributed by atoms with Gasteiger partial charge in [0.2, 0.25) is 0 Å². The molecule has 1 aliphatic rings. The molecule has 2 heterocycles. The molecule has 1 aliphatic heterocycles. The predicted molar refractivity (Wildman–Crippen MR) is 107 cm³/mol. The highest BCUT2D eigenvalue weighted by Crippen LogP contribution is 2.27. The van der Waals surface area contributed by atoms with Crippen LogP contribution in [-0.2, 0) is 19.4 Å². The molecule has 3 aromatic rings. The Hall–Kier alpha value is -2.63. The Kier molecular flexibility index (Phi) is 4.97.